The number of amides is 1. The summed E-state index contributed by atoms with van der Waals surface area (Å²) in [5, 5.41) is 2.33. The molecule has 1 atom stereocenters. The van der Waals surface area contributed by atoms with Gasteiger partial charge < -0.3 is 14.8 Å². The summed E-state index contributed by atoms with van der Waals surface area (Å²) in [6.07, 6.45) is 0. The van der Waals surface area contributed by atoms with Gasteiger partial charge in [0.25, 0.3) is 0 Å². The largest absolute Gasteiger partial charge is 0.493 e. The molecule has 0 fully saturated rings. The fourth-order valence-electron chi connectivity index (χ4n) is 1.94. The standard InChI is InChI=1S/C17H17F2NO3S/c1-11(24-13-6-4-3-5-7-13)16(21)20-12-8-9-14(22-2)15(10-12)23-17(18)19/h3-11,17H,1-2H3,(H,20,21). The zero-order valence-corrected chi connectivity index (χ0v) is 14.0. The number of benzene rings is 2. The van der Waals surface area contributed by atoms with Crippen LogP contribution in [0.25, 0.3) is 0 Å². The Morgan fingerprint density at radius 3 is 2.46 bits per heavy atom. The van der Waals surface area contributed by atoms with Gasteiger partial charge in [0.2, 0.25) is 5.91 Å². The molecule has 4 nitrogen and oxygen atoms in total. The number of carbonyl (C=O) groups is 1. The lowest BCUT2D eigenvalue weighted by molar-refractivity contribution is -0.115. The number of halogens is 2. The van der Waals surface area contributed by atoms with Crippen molar-refractivity contribution in [2.45, 2.75) is 23.7 Å². The van der Waals surface area contributed by atoms with Gasteiger partial charge in [0.15, 0.2) is 11.5 Å². The molecule has 24 heavy (non-hydrogen) atoms. The summed E-state index contributed by atoms with van der Waals surface area (Å²) in [5.74, 6) is -0.203. The molecule has 0 aliphatic carbocycles. The van der Waals surface area contributed by atoms with Gasteiger partial charge in [-0.25, -0.2) is 0 Å². The summed E-state index contributed by atoms with van der Waals surface area (Å²) in [4.78, 5) is 13.2. The van der Waals surface area contributed by atoms with Gasteiger partial charge in [0.1, 0.15) is 0 Å². The number of hydrogen-bond donors (Lipinski definition) is 1. The van der Waals surface area contributed by atoms with E-state index < -0.39 is 6.61 Å². The molecule has 7 heteroatoms. The lowest BCUT2D eigenvalue weighted by Crippen LogP contribution is -2.22. The molecule has 0 radical (unpaired) electrons. The molecule has 2 aromatic carbocycles. The zero-order valence-electron chi connectivity index (χ0n) is 13.2. The predicted molar refractivity (Wildman–Crippen MR) is 90.0 cm³/mol. The first-order chi connectivity index (χ1) is 11.5. The van der Waals surface area contributed by atoms with Gasteiger partial charge in [-0.2, -0.15) is 8.78 Å². The number of hydrogen-bond acceptors (Lipinski definition) is 4. The van der Waals surface area contributed by atoms with Crippen molar-refractivity contribution in [2.24, 2.45) is 0 Å². The minimum Gasteiger partial charge on any atom is -0.493 e. The number of alkyl halides is 2. The second-order valence-electron chi connectivity index (χ2n) is 4.81. The first-order valence-electron chi connectivity index (χ1n) is 7.15. The maximum absolute atomic E-state index is 12.4. The van der Waals surface area contributed by atoms with E-state index in [0.717, 1.165) is 4.90 Å². The van der Waals surface area contributed by atoms with E-state index in [-0.39, 0.29) is 22.7 Å². The molecule has 0 spiro atoms. The van der Waals surface area contributed by atoms with E-state index in [1.165, 1.54) is 31.0 Å². The van der Waals surface area contributed by atoms with Gasteiger partial charge in [0, 0.05) is 16.6 Å². The molecule has 128 valence electrons. The Balaban J connectivity index is 2.05. The van der Waals surface area contributed by atoms with E-state index >= 15 is 0 Å². The molecule has 0 saturated carbocycles. The minimum atomic E-state index is -2.97. The lowest BCUT2D eigenvalue weighted by atomic mass is 10.2. The van der Waals surface area contributed by atoms with E-state index in [9.17, 15) is 13.6 Å². The van der Waals surface area contributed by atoms with Gasteiger partial charge >= 0.3 is 6.61 Å². The molecule has 0 saturated heterocycles. The number of thioether (sulfide) groups is 1. The SMILES string of the molecule is COc1ccc(NC(=O)C(C)Sc2ccccc2)cc1OC(F)F. The van der Waals surface area contributed by atoms with Crippen molar-refractivity contribution >= 4 is 23.4 Å². The van der Waals surface area contributed by atoms with Crippen molar-refractivity contribution in [2.75, 3.05) is 12.4 Å². The van der Waals surface area contributed by atoms with Crippen molar-refractivity contribution in [1.82, 2.24) is 0 Å². The van der Waals surface area contributed by atoms with E-state index in [1.807, 2.05) is 30.3 Å². The van der Waals surface area contributed by atoms with Crippen LogP contribution >= 0.6 is 11.8 Å². The van der Waals surface area contributed by atoms with Crippen molar-refractivity contribution in [1.29, 1.82) is 0 Å². The number of carbonyl (C=O) groups excluding carboxylic acids is 1. The van der Waals surface area contributed by atoms with Crippen LogP contribution in [-0.4, -0.2) is 24.9 Å². The molecule has 1 N–H and O–H groups in total. The van der Waals surface area contributed by atoms with Crippen LogP contribution in [0.5, 0.6) is 11.5 Å². The Bertz CT molecular complexity index is 683. The maximum atomic E-state index is 12.4. The van der Waals surface area contributed by atoms with Gasteiger partial charge in [-0.1, -0.05) is 18.2 Å². The van der Waals surface area contributed by atoms with E-state index in [2.05, 4.69) is 10.1 Å². The maximum Gasteiger partial charge on any atom is 0.387 e. The molecule has 1 unspecified atom stereocenters. The summed E-state index contributed by atoms with van der Waals surface area (Å²) < 4.78 is 34.2. The van der Waals surface area contributed by atoms with Crippen molar-refractivity contribution < 1.29 is 23.0 Å². The molecule has 2 aromatic rings. The van der Waals surface area contributed by atoms with Crippen LogP contribution in [-0.2, 0) is 4.79 Å². The van der Waals surface area contributed by atoms with E-state index in [0.29, 0.717) is 5.69 Å². The molecule has 2 rings (SSSR count). The first-order valence-corrected chi connectivity index (χ1v) is 8.03. The van der Waals surface area contributed by atoms with Crippen LogP contribution in [0.1, 0.15) is 6.92 Å². The summed E-state index contributed by atoms with van der Waals surface area (Å²) in [6, 6.07) is 13.8. The van der Waals surface area contributed by atoms with Crippen LogP contribution in [0.15, 0.2) is 53.4 Å². The van der Waals surface area contributed by atoms with E-state index in [4.69, 9.17) is 4.74 Å². The molecule has 0 bridgehead atoms. The van der Waals surface area contributed by atoms with Crippen LogP contribution in [0.3, 0.4) is 0 Å². The predicted octanol–water partition coefficient (Wildman–Crippen LogP) is 4.42. The van der Waals surface area contributed by atoms with Gasteiger partial charge in [0.05, 0.1) is 12.4 Å². The number of nitrogens with one attached hydrogen (secondary N) is 1. The molecular weight excluding hydrogens is 336 g/mol. The highest BCUT2D eigenvalue weighted by molar-refractivity contribution is 8.00. The van der Waals surface area contributed by atoms with Crippen molar-refractivity contribution in [3.63, 3.8) is 0 Å². The third-order valence-corrected chi connectivity index (χ3v) is 4.18. The fraction of sp³-hybridized carbons (Fsp3) is 0.235. The Labute approximate surface area is 143 Å². The smallest absolute Gasteiger partial charge is 0.387 e. The summed E-state index contributed by atoms with van der Waals surface area (Å²) in [5.41, 5.74) is 0.358. The molecule has 0 heterocycles. The molecular formula is C17H17F2NO3S. The van der Waals surface area contributed by atoms with Crippen molar-refractivity contribution in [3.8, 4) is 11.5 Å². The first kappa shape index (κ1) is 18.1. The second kappa shape index (κ2) is 8.54. The Kier molecular flexibility index (Phi) is 6.43. The van der Waals surface area contributed by atoms with Crippen LogP contribution in [0.4, 0.5) is 14.5 Å². The average molecular weight is 353 g/mol. The lowest BCUT2D eigenvalue weighted by Gasteiger charge is -2.14. The number of ether oxygens (including phenoxy) is 2. The Morgan fingerprint density at radius 1 is 1.12 bits per heavy atom. The third-order valence-electron chi connectivity index (χ3n) is 3.07. The zero-order chi connectivity index (χ0) is 17.5. The van der Waals surface area contributed by atoms with Crippen LogP contribution in [0, 0.1) is 0 Å². The molecule has 0 aromatic heterocycles. The quantitative estimate of drug-likeness (QED) is 0.749. The molecule has 0 aliphatic heterocycles. The Hall–Kier alpha value is -2.28. The third kappa shape index (κ3) is 5.13. The number of anilines is 1. The monoisotopic (exact) mass is 353 g/mol. The highest BCUT2D eigenvalue weighted by Crippen LogP contribution is 2.32. The number of methoxy groups -OCH3 is 1. The Morgan fingerprint density at radius 2 is 1.83 bits per heavy atom. The summed E-state index contributed by atoms with van der Waals surface area (Å²) >= 11 is 1.41. The minimum absolute atomic E-state index is 0.131. The molecule has 0 aliphatic rings. The van der Waals surface area contributed by atoms with Crippen LogP contribution < -0.4 is 14.8 Å². The normalized spacial score (nSPS) is 11.9. The van der Waals surface area contributed by atoms with E-state index in [1.54, 1.807) is 13.0 Å². The highest BCUT2D eigenvalue weighted by atomic mass is 32.2. The second-order valence-corrected chi connectivity index (χ2v) is 6.22. The highest BCUT2D eigenvalue weighted by Gasteiger charge is 2.16. The summed E-state index contributed by atoms with van der Waals surface area (Å²) in [6.45, 7) is -1.20. The van der Waals surface area contributed by atoms with Gasteiger partial charge in [-0.05, 0) is 31.2 Å². The average Bonchev–Trinajstić information content (AvgIpc) is 2.55. The topological polar surface area (TPSA) is 47.6 Å². The van der Waals surface area contributed by atoms with Gasteiger partial charge in [-0.3, -0.25) is 4.79 Å². The molecule has 1 amide bonds. The van der Waals surface area contributed by atoms with Crippen molar-refractivity contribution in [3.05, 3.63) is 48.5 Å². The fourth-order valence-corrected chi connectivity index (χ4v) is 2.83. The summed E-state index contributed by atoms with van der Waals surface area (Å²) in [7, 11) is 1.35. The number of rotatable bonds is 7. The van der Waals surface area contributed by atoms with Crippen LogP contribution in [0.2, 0.25) is 0 Å². The van der Waals surface area contributed by atoms with Gasteiger partial charge in [-0.15, -0.1) is 11.8 Å².